The number of aromatic nitrogens is 4. The van der Waals surface area contributed by atoms with E-state index in [1.807, 2.05) is 24.1 Å². The van der Waals surface area contributed by atoms with Crippen molar-refractivity contribution < 1.29 is 0 Å². The van der Waals surface area contributed by atoms with E-state index in [2.05, 4.69) is 33.3 Å². The van der Waals surface area contributed by atoms with Gasteiger partial charge in [-0.3, -0.25) is 14.7 Å². The van der Waals surface area contributed by atoms with Crippen molar-refractivity contribution in [2.24, 2.45) is 7.05 Å². The molecule has 0 amide bonds. The summed E-state index contributed by atoms with van der Waals surface area (Å²) in [4.78, 5) is 2.51. The van der Waals surface area contributed by atoms with Crippen LogP contribution in [0.4, 0.5) is 0 Å². The molecule has 1 N–H and O–H groups in total. The van der Waals surface area contributed by atoms with Crippen LogP contribution < -0.4 is 0 Å². The highest BCUT2D eigenvalue weighted by atomic mass is 15.3. The number of hydrogen-bond donors (Lipinski definition) is 1. The van der Waals surface area contributed by atoms with Gasteiger partial charge < -0.3 is 0 Å². The molecule has 0 radical (unpaired) electrons. The zero-order chi connectivity index (χ0) is 12.5. The Morgan fingerprint density at radius 3 is 3.00 bits per heavy atom. The molecule has 96 valence electrons. The van der Waals surface area contributed by atoms with Gasteiger partial charge in [-0.05, 0) is 31.9 Å². The highest BCUT2D eigenvalue weighted by Gasteiger charge is 2.28. The van der Waals surface area contributed by atoms with Gasteiger partial charge in [0.1, 0.15) is 0 Å². The first kappa shape index (κ1) is 11.5. The minimum Gasteiger partial charge on any atom is -0.290 e. The van der Waals surface area contributed by atoms with Crippen LogP contribution in [0.3, 0.4) is 0 Å². The molecule has 5 heteroatoms. The molecule has 18 heavy (non-hydrogen) atoms. The second kappa shape index (κ2) is 4.57. The molecule has 0 aliphatic carbocycles. The predicted octanol–water partition coefficient (Wildman–Crippen LogP) is 1.79. The van der Waals surface area contributed by atoms with Crippen LogP contribution in [0.1, 0.15) is 35.7 Å². The highest BCUT2D eigenvalue weighted by molar-refractivity contribution is 5.19. The maximum absolute atomic E-state index is 4.23. The van der Waals surface area contributed by atoms with E-state index in [0.29, 0.717) is 6.04 Å². The smallest absolute Gasteiger partial charge is 0.0553 e. The molecule has 3 rings (SSSR count). The van der Waals surface area contributed by atoms with Gasteiger partial charge in [-0.25, -0.2) is 0 Å². The van der Waals surface area contributed by atoms with Crippen LogP contribution in [0.5, 0.6) is 0 Å². The van der Waals surface area contributed by atoms with Crippen LogP contribution in [0.25, 0.3) is 0 Å². The topological polar surface area (TPSA) is 49.7 Å². The van der Waals surface area contributed by atoms with Gasteiger partial charge in [-0.2, -0.15) is 10.2 Å². The lowest BCUT2D eigenvalue weighted by molar-refractivity contribution is 0.243. The van der Waals surface area contributed by atoms with Gasteiger partial charge >= 0.3 is 0 Å². The second-order valence-corrected chi connectivity index (χ2v) is 5.12. The van der Waals surface area contributed by atoms with Gasteiger partial charge in [0, 0.05) is 25.4 Å². The molecule has 2 aromatic heterocycles. The summed E-state index contributed by atoms with van der Waals surface area (Å²) < 4.78 is 1.86. The molecule has 2 aromatic rings. The Bertz CT molecular complexity index is 527. The quantitative estimate of drug-likeness (QED) is 0.897. The third kappa shape index (κ3) is 2.06. The standard InChI is InChI=1S/C13H19N5/c1-10-6-14-16-13(10)12-4-3-5-18(12)9-11-7-15-17(2)8-11/h6-8,12H,3-5,9H2,1-2H3,(H,14,16)/t12-/m1/s1. The van der Waals surface area contributed by atoms with Crippen molar-refractivity contribution in [3.8, 4) is 0 Å². The summed E-state index contributed by atoms with van der Waals surface area (Å²) in [6, 6.07) is 0.479. The molecule has 5 nitrogen and oxygen atoms in total. The van der Waals surface area contributed by atoms with Crippen molar-refractivity contribution in [2.75, 3.05) is 6.54 Å². The molecular weight excluding hydrogens is 226 g/mol. The second-order valence-electron chi connectivity index (χ2n) is 5.12. The summed E-state index contributed by atoms with van der Waals surface area (Å²) >= 11 is 0. The van der Waals surface area contributed by atoms with E-state index in [9.17, 15) is 0 Å². The van der Waals surface area contributed by atoms with Gasteiger partial charge in [0.15, 0.2) is 0 Å². The van der Waals surface area contributed by atoms with Crippen LogP contribution >= 0.6 is 0 Å². The third-order valence-electron chi connectivity index (χ3n) is 3.71. The molecule has 3 heterocycles. The fourth-order valence-corrected chi connectivity index (χ4v) is 2.82. The molecule has 1 aliphatic heterocycles. The first-order chi connectivity index (χ1) is 8.74. The molecule has 0 saturated carbocycles. The number of nitrogens with zero attached hydrogens (tertiary/aromatic N) is 4. The van der Waals surface area contributed by atoms with Crippen LogP contribution in [0, 0.1) is 6.92 Å². The van der Waals surface area contributed by atoms with Crippen molar-refractivity contribution >= 4 is 0 Å². The van der Waals surface area contributed by atoms with Crippen LogP contribution in [-0.4, -0.2) is 31.4 Å². The first-order valence-corrected chi connectivity index (χ1v) is 6.45. The zero-order valence-corrected chi connectivity index (χ0v) is 10.9. The Morgan fingerprint density at radius 2 is 2.33 bits per heavy atom. The fourth-order valence-electron chi connectivity index (χ4n) is 2.82. The van der Waals surface area contributed by atoms with E-state index in [4.69, 9.17) is 0 Å². The zero-order valence-electron chi connectivity index (χ0n) is 10.9. The van der Waals surface area contributed by atoms with Crippen molar-refractivity contribution in [2.45, 2.75) is 32.4 Å². The lowest BCUT2D eigenvalue weighted by Gasteiger charge is -2.23. The summed E-state index contributed by atoms with van der Waals surface area (Å²) in [5, 5.41) is 11.5. The van der Waals surface area contributed by atoms with Crippen molar-refractivity contribution in [3.63, 3.8) is 0 Å². The van der Waals surface area contributed by atoms with E-state index in [0.717, 1.165) is 13.1 Å². The number of aromatic amines is 1. The Hall–Kier alpha value is -1.62. The van der Waals surface area contributed by atoms with Gasteiger partial charge in [-0.15, -0.1) is 0 Å². The summed E-state index contributed by atoms with van der Waals surface area (Å²) in [6.45, 7) is 4.24. The molecule has 1 saturated heterocycles. The third-order valence-corrected chi connectivity index (χ3v) is 3.71. The number of hydrogen-bond acceptors (Lipinski definition) is 3. The SMILES string of the molecule is Cc1cn[nH]c1[C@H]1CCCN1Cc1cnn(C)c1. The number of aryl methyl sites for hydroxylation is 2. The van der Waals surface area contributed by atoms with E-state index >= 15 is 0 Å². The Labute approximate surface area is 107 Å². The van der Waals surface area contributed by atoms with Crippen molar-refractivity contribution in [1.29, 1.82) is 0 Å². The van der Waals surface area contributed by atoms with Gasteiger partial charge in [0.2, 0.25) is 0 Å². The Balaban J connectivity index is 1.77. The molecule has 0 aromatic carbocycles. The number of rotatable bonds is 3. The van der Waals surface area contributed by atoms with Crippen molar-refractivity contribution in [1.82, 2.24) is 24.9 Å². The van der Waals surface area contributed by atoms with E-state index in [1.54, 1.807) is 0 Å². The van der Waals surface area contributed by atoms with E-state index < -0.39 is 0 Å². The maximum atomic E-state index is 4.23. The van der Waals surface area contributed by atoms with Crippen molar-refractivity contribution in [3.05, 3.63) is 35.4 Å². The van der Waals surface area contributed by atoms with Gasteiger partial charge in [-0.1, -0.05) is 0 Å². The average Bonchev–Trinajstić information content (AvgIpc) is 3.02. The van der Waals surface area contributed by atoms with E-state index in [-0.39, 0.29) is 0 Å². The first-order valence-electron chi connectivity index (χ1n) is 6.45. The van der Waals surface area contributed by atoms with Crippen LogP contribution in [-0.2, 0) is 13.6 Å². The minimum atomic E-state index is 0.479. The highest BCUT2D eigenvalue weighted by Crippen LogP contribution is 2.33. The summed E-state index contributed by atoms with van der Waals surface area (Å²) in [7, 11) is 1.96. The summed E-state index contributed by atoms with van der Waals surface area (Å²) in [5.41, 5.74) is 3.82. The van der Waals surface area contributed by atoms with Crippen LogP contribution in [0.2, 0.25) is 0 Å². The van der Waals surface area contributed by atoms with Gasteiger partial charge in [0.05, 0.1) is 24.1 Å². The molecule has 1 fully saturated rings. The molecule has 0 spiro atoms. The minimum absolute atomic E-state index is 0.479. The lowest BCUT2D eigenvalue weighted by Crippen LogP contribution is -2.23. The number of likely N-dealkylation sites (tertiary alicyclic amines) is 1. The molecule has 0 unspecified atom stereocenters. The lowest BCUT2D eigenvalue weighted by atomic mass is 10.1. The molecule has 1 aliphatic rings. The van der Waals surface area contributed by atoms with Crippen LogP contribution in [0.15, 0.2) is 18.6 Å². The number of nitrogens with one attached hydrogen (secondary N) is 1. The Kier molecular flexibility index (Phi) is 2.91. The van der Waals surface area contributed by atoms with E-state index in [1.165, 1.54) is 29.7 Å². The normalized spacial score (nSPS) is 20.7. The average molecular weight is 245 g/mol. The molecule has 0 bridgehead atoms. The summed E-state index contributed by atoms with van der Waals surface area (Å²) in [5.74, 6) is 0. The fraction of sp³-hybridized carbons (Fsp3) is 0.538. The largest absolute Gasteiger partial charge is 0.290 e. The molecule has 1 atom stereocenters. The Morgan fingerprint density at radius 1 is 1.44 bits per heavy atom. The molecular formula is C13H19N5. The number of H-pyrrole nitrogens is 1. The predicted molar refractivity (Wildman–Crippen MR) is 68.9 cm³/mol. The van der Waals surface area contributed by atoms with Gasteiger partial charge in [0.25, 0.3) is 0 Å². The summed E-state index contributed by atoms with van der Waals surface area (Å²) in [6.07, 6.45) is 8.42. The monoisotopic (exact) mass is 245 g/mol. The maximum Gasteiger partial charge on any atom is 0.0553 e.